The molecular formula is C14H17N3O. The normalized spacial score (nSPS) is 17.3. The maximum Gasteiger partial charge on any atom is 0.291 e. The number of hydrogen-bond acceptors (Lipinski definition) is 3. The zero-order valence-corrected chi connectivity index (χ0v) is 10.5. The highest BCUT2D eigenvalue weighted by molar-refractivity contribution is 5.75. The Morgan fingerprint density at radius 2 is 2.00 bits per heavy atom. The van der Waals surface area contributed by atoms with Crippen molar-refractivity contribution in [1.29, 1.82) is 0 Å². The summed E-state index contributed by atoms with van der Waals surface area (Å²) in [5.74, 6) is 1.32. The van der Waals surface area contributed by atoms with E-state index < -0.39 is 0 Å². The van der Waals surface area contributed by atoms with Crippen molar-refractivity contribution in [2.24, 2.45) is 5.92 Å². The van der Waals surface area contributed by atoms with Gasteiger partial charge in [-0.25, -0.2) is 4.98 Å². The van der Waals surface area contributed by atoms with Crippen molar-refractivity contribution in [1.82, 2.24) is 9.97 Å². The quantitative estimate of drug-likeness (QED) is 0.835. The standard InChI is InChI=1S/C14H17N3O/c1-10-6-8-17(9-7-10)13-14(18)16-12-5-3-2-4-11(12)15-13/h2-5,10H,6-9H2,1H3,(H,16,18). The predicted octanol–water partition coefficient (Wildman–Crippen LogP) is 2.16. The van der Waals surface area contributed by atoms with E-state index in [1.807, 2.05) is 24.3 Å². The van der Waals surface area contributed by atoms with Crippen LogP contribution in [0.3, 0.4) is 0 Å². The Labute approximate surface area is 106 Å². The maximum absolute atomic E-state index is 12.1. The number of piperidine rings is 1. The molecule has 1 aromatic carbocycles. The lowest BCUT2D eigenvalue weighted by Crippen LogP contribution is -2.37. The van der Waals surface area contributed by atoms with Crippen LogP contribution in [0.1, 0.15) is 19.8 Å². The fourth-order valence-corrected chi connectivity index (χ4v) is 2.45. The van der Waals surface area contributed by atoms with Gasteiger partial charge in [-0.05, 0) is 30.9 Å². The van der Waals surface area contributed by atoms with Gasteiger partial charge in [0.15, 0.2) is 5.82 Å². The van der Waals surface area contributed by atoms with Gasteiger partial charge in [0.05, 0.1) is 11.0 Å². The van der Waals surface area contributed by atoms with Gasteiger partial charge in [0.2, 0.25) is 0 Å². The van der Waals surface area contributed by atoms with Crippen molar-refractivity contribution in [2.75, 3.05) is 18.0 Å². The third kappa shape index (κ3) is 1.98. The monoisotopic (exact) mass is 243 g/mol. The molecule has 0 saturated carbocycles. The van der Waals surface area contributed by atoms with Crippen LogP contribution in [-0.4, -0.2) is 23.1 Å². The summed E-state index contributed by atoms with van der Waals surface area (Å²) in [4.78, 5) is 21.6. The van der Waals surface area contributed by atoms with E-state index in [0.717, 1.165) is 42.9 Å². The fraction of sp³-hybridized carbons (Fsp3) is 0.429. The number of aromatic amines is 1. The molecule has 1 N–H and O–H groups in total. The number of benzene rings is 1. The molecule has 1 aliphatic rings. The van der Waals surface area contributed by atoms with Crippen LogP contribution in [0.5, 0.6) is 0 Å². The topological polar surface area (TPSA) is 49.0 Å². The molecule has 1 saturated heterocycles. The first-order valence-electron chi connectivity index (χ1n) is 6.48. The zero-order chi connectivity index (χ0) is 12.5. The highest BCUT2D eigenvalue weighted by Crippen LogP contribution is 2.20. The molecule has 1 fully saturated rings. The van der Waals surface area contributed by atoms with Gasteiger partial charge in [-0.2, -0.15) is 0 Å². The number of para-hydroxylation sites is 2. The Hall–Kier alpha value is -1.84. The van der Waals surface area contributed by atoms with Gasteiger partial charge < -0.3 is 9.88 Å². The van der Waals surface area contributed by atoms with E-state index in [1.54, 1.807) is 0 Å². The Kier molecular flexibility index (Phi) is 2.78. The molecule has 1 aliphatic heterocycles. The van der Waals surface area contributed by atoms with Gasteiger partial charge >= 0.3 is 0 Å². The molecule has 2 heterocycles. The molecule has 0 bridgehead atoms. The van der Waals surface area contributed by atoms with Crippen molar-refractivity contribution in [3.05, 3.63) is 34.6 Å². The second-order valence-electron chi connectivity index (χ2n) is 5.08. The SMILES string of the molecule is CC1CCN(c2nc3ccccc3[nH]c2=O)CC1. The average molecular weight is 243 g/mol. The minimum atomic E-state index is -0.0803. The lowest BCUT2D eigenvalue weighted by molar-refractivity contribution is 0.436. The van der Waals surface area contributed by atoms with E-state index in [2.05, 4.69) is 21.8 Å². The predicted molar refractivity (Wildman–Crippen MR) is 73.0 cm³/mol. The molecule has 4 nitrogen and oxygen atoms in total. The second kappa shape index (κ2) is 4.44. The summed E-state index contributed by atoms with van der Waals surface area (Å²) in [6.07, 6.45) is 2.27. The van der Waals surface area contributed by atoms with Crippen LogP contribution >= 0.6 is 0 Å². The molecule has 94 valence electrons. The summed E-state index contributed by atoms with van der Waals surface area (Å²) in [6.45, 7) is 4.11. The Morgan fingerprint density at radius 1 is 1.28 bits per heavy atom. The van der Waals surface area contributed by atoms with Crippen LogP contribution in [0.2, 0.25) is 0 Å². The first-order chi connectivity index (χ1) is 8.74. The first kappa shape index (κ1) is 11.3. The summed E-state index contributed by atoms with van der Waals surface area (Å²) < 4.78 is 0. The molecule has 0 aliphatic carbocycles. The van der Waals surface area contributed by atoms with Crippen molar-refractivity contribution >= 4 is 16.9 Å². The second-order valence-corrected chi connectivity index (χ2v) is 5.08. The maximum atomic E-state index is 12.1. The highest BCUT2D eigenvalue weighted by Gasteiger charge is 2.19. The van der Waals surface area contributed by atoms with Crippen molar-refractivity contribution in [3.63, 3.8) is 0 Å². The van der Waals surface area contributed by atoms with Gasteiger partial charge in [-0.15, -0.1) is 0 Å². The molecule has 0 radical (unpaired) electrons. The van der Waals surface area contributed by atoms with Crippen LogP contribution in [0.25, 0.3) is 11.0 Å². The Balaban J connectivity index is 2.01. The molecule has 2 aromatic rings. The minimum absolute atomic E-state index is 0.0803. The summed E-state index contributed by atoms with van der Waals surface area (Å²) in [5, 5.41) is 0. The molecule has 18 heavy (non-hydrogen) atoms. The lowest BCUT2D eigenvalue weighted by atomic mass is 9.99. The van der Waals surface area contributed by atoms with Crippen LogP contribution in [0.4, 0.5) is 5.82 Å². The summed E-state index contributed by atoms with van der Waals surface area (Å²) >= 11 is 0. The molecular weight excluding hydrogens is 226 g/mol. The largest absolute Gasteiger partial charge is 0.352 e. The number of hydrogen-bond donors (Lipinski definition) is 1. The first-order valence-corrected chi connectivity index (χ1v) is 6.48. The van der Waals surface area contributed by atoms with Crippen molar-refractivity contribution in [3.8, 4) is 0 Å². The number of fused-ring (bicyclic) bond motifs is 1. The van der Waals surface area contributed by atoms with Crippen LogP contribution in [0, 0.1) is 5.92 Å². The molecule has 1 aromatic heterocycles. The van der Waals surface area contributed by atoms with E-state index in [-0.39, 0.29) is 5.56 Å². The molecule has 3 rings (SSSR count). The average Bonchev–Trinajstić information content (AvgIpc) is 2.39. The van der Waals surface area contributed by atoms with Gasteiger partial charge in [0.1, 0.15) is 0 Å². The summed E-state index contributed by atoms with van der Waals surface area (Å²) in [7, 11) is 0. The zero-order valence-electron chi connectivity index (χ0n) is 10.5. The number of nitrogens with zero attached hydrogens (tertiary/aromatic N) is 2. The van der Waals surface area contributed by atoms with E-state index in [4.69, 9.17) is 0 Å². The van der Waals surface area contributed by atoms with Crippen LogP contribution in [-0.2, 0) is 0 Å². The molecule has 0 spiro atoms. The van der Waals surface area contributed by atoms with E-state index in [0.29, 0.717) is 5.82 Å². The number of anilines is 1. The molecule has 0 unspecified atom stereocenters. The van der Waals surface area contributed by atoms with Gasteiger partial charge in [0.25, 0.3) is 5.56 Å². The summed E-state index contributed by atoms with van der Waals surface area (Å²) in [5.41, 5.74) is 1.57. The highest BCUT2D eigenvalue weighted by atomic mass is 16.1. The molecule has 0 amide bonds. The van der Waals surface area contributed by atoms with Crippen LogP contribution < -0.4 is 10.5 Å². The Bertz CT molecular complexity index is 612. The smallest absolute Gasteiger partial charge is 0.291 e. The van der Waals surface area contributed by atoms with Gasteiger partial charge in [-0.3, -0.25) is 4.79 Å². The summed E-state index contributed by atoms with van der Waals surface area (Å²) in [6, 6.07) is 7.66. The number of nitrogens with one attached hydrogen (secondary N) is 1. The third-order valence-electron chi connectivity index (χ3n) is 3.66. The fourth-order valence-electron chi connectivity index (χ4n) is 2.45. The molecule has 0 atom stereocenters. The minimum Gasteiger partial charge on any atom is -0.352 e. The number of aromatic nitrogens is 2. The number of H-pyrrole nitrogens is 1. The van der Waals surface area contributed by atoms with Crippen molar-refractivity contribution in [2.45, 2.75) is 19.8 Å². The number of rotatable bonds is 1. The van der Waals surface area contributed by atoms with E-state index >= 15 is 0 Å². The van der Waals surface area contributed by atoms with Crippen molar-refractivity contribution < 1.29 is 0 Å². The van der Waals surface area contributed by atoms with Gasteiger partial charge in [-0.1, -0.05) is 19.1 Å². The van der Waals surface area contributed by atoms with E-state index in [1.165, 1.54) is 0 Å². The third-order valence-corrected chi connectivity index (χ3v) is 3.66. The lowest BCUT2D eigenvalue weighted by Gasteiger charge is -2.30. The van der Waals surface area contributed by atoms with E-state index in [9.17, 15) is 4.79 Å². The molecule has 4 heteroatoms. The Morgan fingerprint density at radius 3 is 2.78 bits per heavy atom. The van der Waals surface area contributed by atoms with Crippen LogP contribution in [0.15, 0.2) is 29.1 Å². The van der Waals surface area contributed by atoms with Gasteiger partial charge in [0, 0.05) is 13.1 Å².